The average molecular weight is 397 g/mol. The van der Waals surface area contributed by atoms with Gasteiger partial charge < -0.3 is 14.2 Å². The second-order valence-corrected chi connectivity index (χ2v) is 6.87. The molecule has 156 valence electrons. The van der Waals surface area contributed by atoms with Crippen LogP contribution in [0.15, 0.2) is 42.5 Å². The summed E-state index contributed by atoms with van der Waals surface area (Å²) in [6.45, 7) is 7.63. The van der Waals surface area contributed by atoms with Crippen molar-refractivity contribution in [3.8, 4) is 17.2 Å². The van der Waals surface area contributed by atoms with E-state index in [9.17, 15) is 4.79 Å². The molecule has 0 N–H and O–H groups in total. The maximum atomic E-state index is 12.5. The van der Waals surface area contributed by atoms with Crippen LogP contribution in [0.1, 0.15) is 61.5 Å². The Morgan fingerprint density at radius 3 is 1.97 bits per heavy atom. The summed E-state index contributed by atoms with van der Waals surface area (Å²) in [5.41, 5.74) is 2.62. The molecule has 0 aromatic heterocycles. The van der Waals surface area contributed by atoms with E-state index in [1.807, 2.05) is 18.2 Å². The Balaban J connectivity index is 2.31. The fourth-order valence-corrected chi connectivity index (χ4v) is 2.94. The molecule has 0 fully saturated rings. The van der Waals surface area contributed by atoms with Crippen LogP contribution >= 0.6 is 0 Å². The molecule has 0 aliphatic heterocycles. The topological polar surface area (TPSA) is 44.8 Å². The molecule has 2 aromatic carbocycles. The minimum atomic E-state index is -0.0580. The van der Waals surface area contributed by atoms with Gasteiger partial charge >= 0.3 is 0 Å². The van der Waals surface area contributed by atoms with Gasteiger partial charge in [0.25, 0.3) is 0 Å². The predicted molar refractivity (Wildman–Crippen MR) is 118 cm³/mol. The first-order chi connectivity index (χ1) is 14.1. The summed E-state index contributed by atoms with van der Waals surface area (Å²) in [5, 5.41) is 0. The third-order valence-corrected chi connectivity index (χ3v) is 4.42. The van der Waals surface area contributed by atoms with E-state index in [-0.39, 0.29) is 5.78 Å². The van der Waals surface area contributed by atoms with Crippen molar-refractivity contribution in [2.45, 2.75) is 46.5 Å². The fourth-order valence-electron chi connectivity index (χ4n) is 2.94. The molecule has 0 bridgehead atoms. The number of rotatable bonds is 12. The highest BCUT2D eigenvalue weighted by molar-refractivity contribution is 6.06. The van der Waals surface area contributed by atoms with Gasteiger partial charge in [0.2, 0.25) is 0 Å². The van der Waals surface area contributed by atoms with Gasteiger partial charge in [-0.05, 0) is 67.3 Å². The number of carbonyl (C=O) groups excluding carboxylic acids is 1. The van der Waals surface area contributed by atoms with Crippen LogP contribution in [0.5, 0.6) is 17.2 Å². The normalized spacial score (nSPS) is 10.9. The van der Waals surface area contributed by atoms with Crippen LogP contribution in [0.2, 0.25) is 0 Å². The Bertz CT molecular complexity index is 777. The summed E-state index contributed by atoms with van der Waals surface area (Å²) in [6, 6.07) is 11.1. The molecule has 0 aliphatic carbocycles. The maximum absolute atomic E-state index is 12.5. The van der Waals surface area contributed by atoms with Gasteiger partial charge in [-0.1, -0.05) is 33.3 Å². The third kappa shape index (κ3) is 6.67. The quantitative estimate of drug-likeness (QED) is 0.320. The van der Waals surface area contributed by atoms with Crippen molar-refractivity contribution in [2.75, 3.05) is 20.3 Å². The molecule has 0 radical (unpaired) electrons. The van der Waals surface area contributed by atoms with E-state index >= 15 is 0 Å². The number of benzene rings is 2. The van der Waals surface area contributed by atoms with Crippen molar-refractivity contribution >= 4 is 11.9 Å². The van der Waals surface area contributed by atoms with Gasteiger partial charge in [0.15, 0.2) is 5.78 Å². The number of carbonyl (C=O) groups is 1. The molecular formula is C25H32O4. The molecule has 0 amide bonds. The molecule has 0 aliphatic rings. The summed E-state index contributed by atoms with van der Waals surface area (Å²) < 4.78 is 17.2. The van der Waals surface area contributed by atoms with Crippen LogP contribution in [-0.4, -0.2) is 26.1 Å². The third-order valence-electron chi connectivity index (χ3n) is 4.42. The second-order valence-electron chi connectivity index (χ2n) is 6.87. The van der Waals surface area contributed by atoms with Gasteiger partial charge in [0.1, 0.15) is 17.2 Å². The van der Waals surface area contributed by atoms with E-state index in [0.29, 0.717) is 18.8 Å². The molecule has 4 heteroatoms. The molecule has 2 aromatic rings. The molecular weight excluding hydrogens is 364 g/mol. The largest absolute Gasteiger partial charge is 0.497 e. The van der Waals surface area contributed by atoms with Crippen LogP contribution < -0.4 is 14.2 Å². The van der Waals surface area contributed by atoms with Crippen LogP contribution in [0.25, 0.3) is 6.08 Å². The van der Waals surface area contributed by atoms with E-state index in [1.165, 1.54) is 0 Å². The van der Waals surface area contributed by atoms with Crippen LogP contribution in [0.4, 0.5) is 0 Å². The van der Waals surface area contributed by atoms with Crippen LogP contribution in [-0.2, 0) is 6.42 Å². The summed E-state index contributed by atoms with van der Waals surface area (Å²) in [4.78, 5) is 12.5. The molecule has 0 saturated carbocycles. The first-order valence-electron chi connectivity index (χ1n) is 10.4. The zero-order valence-corrected chi connectivity index (χ0v) is 18.0. The molecule has 29 heavy (non-hydrogen) atoms. The second kappa shape index (κ2) is 11.9. The number of ketones is 1. The van der Waals surface area contributed by atoms with E-state index in [0.717, 1.165) is 54.1 Å². The van der Waals surface area contributed by atoms with Crippen molar-refractivity contribution in [1.82, 2.24) is 0 Å². The summed E-state index contributed by atoms with van der Waals surface area (Å²) in [6.07, 6.45) is 7.19. The smallest absolute Gasteiger partial charge is 0.185 e. The number of methoxy groups -OCH3 is 1. The molecule has 2 rings (SSSR count). The Kier molecular flexibility index (Phi) is 9.29. The monoisotopic (exact) mass is 396 g/mol. The highest BCUT2D eigenvalue weighted by atomic mass is 16.5. The van der Waals surface area contributed by atoms with Gasteiger partial charge in [0, 0.05) is 11.1 Å². The number of hydrogen-bond donors (Lipinski definition) is 0. The predicted octanol–water partition coefficient (Wildman–Crippen LogP) is 6.12. The molecule has 0 saturated heterocycles. The zero-order chi connectivity index (χ0) is 21.1. The highest BCUT2D eigenvalue weighted by Crippen LogP contribution is 2.33. The standard InChI is InChI=1S/C25H32O4/c1-5-8-22-24(28-15-6-2)17-19(18-25(22)29-16-7-3)9-14-23(26)20-10-12-21(27-4)13-11-20/h9-14,17-18H,5-8,15-16H2,1-4H3/b14-9+. The minimum absolute atomic E-state index is 0.0580. The highest BCUT2D eigenvalue weighted by Gasteiger charge is 2.13. The average Bonchev–Trinajstić information content (AvgIpc) is 2.76. The van der Waals surface area contributed by atoms with Crippen LogP contribution in [0, 0.1) is 0 Å². The molecule has 0 heterocycles. The lowest BCUT2D eigenvalue weighted by molar-refractivity contribution is 0.104. The Morgan fingerprint density at radius 2 is 1.48 bits per heavy atom. The molecule has 0 spiro atoms. The number of ether oxygens (including phenoxy) is 3. The summed E-state index contributed by atoms with van der Waals surface area (Å²) >= 11 is 0. The van der Waals surface area contributed by atoms with Gasteiger partial charge in [-0.15, -0.1) is 0 Å². The Morgan fingerprint density at radius 1 is 0.897 bits per heavy atom. The van der Waals surface area contributed by atoms with E-state index in [1.54, 1.807) is 37.5 Å². The van der Waals surface area contributed by atoms with Crippen molar-refractivity contribution in [1.29, 1.82) is 0 Å². The SMILES string of the molecule is CCCOc1cc(/C=C/C(=O)c2ccc(OC)cc2)cc(OCCC)c1CCC. The lowest BCUT2D eigenvalue weighted by Gasteiger charge is -2.17. The van der Waals surface area contributed by atoms with Crippen molar-refractivity contribution in [3.63, 3.8) is 0 Å². The molecule has 0 atom stereocenters. The van der Waals surface area contributed by atoms with Gasteiger partial charge in [-0.2, -0.15) is 0 Å². The van der Waals surface area contributed by atoms with E-state index < -0.39 is 0 Å². The van der Waals surface area contributed by atoms with Crippen molar-refractivity contribution in [3.05, 3.63) is 59.2 Å². The van der Waals surface area contributed by atoms with Crippen molar-refractivity contribution < 1.29 is 19.0 Å². The number of hydrogen-bond acceptors (Lipinski definition) is 4. The zero-order valence-electron chi connectivity index (χ0n) is 18.0. The summed E-state index contributed by atoms with van der Waals surface area (Å²) in [7, 11) is 1.61. The van der Waals surface area contributed by atoms with Gasteiger partial charge in [0.05, 0.1) is 20.3 Å². The minimum Gasteiger partial charge on any atom is -0.497 e. The van der Waals surface area contributed by atoms with Crippen molar-refractivity contribution in [2.24, 2.45) is 0 Å². The number of allylic oxidation sites excluding steroid dienone is 1. The van der Waals surface area contributed by atoms with E-state index in [4.69, 9.17) is 14.2 Å². The van der Waals surface area contributed by atoms with Crippen LogP contribution in [0.3, 0.4) is 0 Å². The first-order valence-corrected chi connectivity index (χ1v) is 10.4. The summed E-state index contributed by atoms with van der Waals surface area (Å²) in [5.74, 6) is 2.36. The Hall–Kier alpha value is -2.75. The maximum Gasteiger partial charge on any atom is 0.185 e. The molecule has 0 unspecified atom stereocenters. The molecule has 4 nitrogen and oxygen atoms in total. The first kappa shape index (κ1) is 22.5. The van der Waals surface area contributed by atoms with Gasteiger partial charge in [-0.3, -0.25) is 4.79 Å². The Labute approximate surface area is 174 Å². The lowest BCUT2D eigenvalue weighted by atomic mass is 10.0. The lowest BCUT2D eigenvalue weighted by Crippen LogP contribution is -2.04. The van der Waals surface area contributed by atoms with Gasteiger partial charge in [-0.25, -0.2) is 0 Å². The van der Waals surface area contributed by atoms with E-state index in [2.05, 4.69) is 20.8 Å². The fraction of sp³-hybridized carbons (Fsp3) is 0.400.